The number of amides is 1. The molecule has 0 saturated heterocycles. The van der Waals surface area contributed by atoms with Crippen LogP contribution in [0.3, 0.4) is 0 Å². The van der Waals surface area contributed by atoms with E-state index in [9.17, 15) is 9.18 Å². The number of carbonyl (C=O) groups is 1. The van der Waals surface area contributed by atoms with Gasteiger partial charge in [-0.05, 0) is 43.2 Å². The van der Waals surface area contributed by atoms with Crippen LogP contribution in [0, 0.1) is 5.82 Å². The fraction of sp³-hybridized carbons (Fsp3) is 0.375. The van der Waals surface area contributed by atoms with Crippen molar-refractivity contribution in [1.29, 1.82) is 0 Å². The van der Waals surface area contributed by atoms with Gasteiger partial charge in [-0.15, -0.1) is 0 Å². The summed E-state index contributed by atoms with van der Waals surface area (Å²) in [5, 5.41) is 3.26. The minimum absolute atomic E-state index is 0.0363. The predicted molar refractivity (Wildman–Crippen MR) is 88.8 cm³/mol. The summed E-state index contributed by atoms with van der Waals surface area (Å²) in [6.45, 7) is 3.05. The van der Waals surface area contributed by atoms with Crippen LogP contribution in [-0.4, -0.2) is 41.4 Å². The summed E-state index contributed by atoms with van der Waals surface area (Å²) in [5.41, 5.74) is 1.64. The van der Waals surface area contributed by atoms with Gasteiger partial charge in [0.25, 0.3) is 0 Å². The average Bonchev–Trinajstić information content (AvgIpc) is 3.00. The highest BCUT2D eigenvalue weighted by atomic mass is 32.2. The number of nitrogens with one attached hydrogen (secondary N) is 2. The number of hydrogen-bond donors (Lipinski definition) is 2. The van der Waals surface area contributed by atoms with Gasteiger partial charge in [0.2, 0.25) is 5.91 Å². The molecule has 5 nitrogen and oxygen atoms in total. The molecule has 0 bridgehead atoms. The van der Waals surface area contributed by atoms with Gasteiger partial charge in [-0.25, -0.2) is 9.37 Å². The van der Waals surface area contributed by atoms with E-state index in [1.54, 1.807) is 25.4 Å². The second-order valence-corrected chi connectivity index (χ2v) is 6.34. The number of H-pyrrole nitrogens is 1. The standard InChI is InChI=1S/C16H20FN3O2S/c1-11(15(21)18-8-3-9-22-2)23-16-19-10-14(20-16)12-4-6-13(17)7-5-12/h4-7,10-11H,3,8-9H2,1-2H3,(H,18,21)(H,19,20). The number of methoxy groups -OCH3 is 1. The smallest absolute Gasteiger partial charge is 0.233 e. The SMILES string of the molecule is COCCCNC(=O)C(C)Sc1ncc(-c2ccc(F)cc2)[nH]1. The van der Waals surface area contributed by atoms with Crippen LogP contribution in [0.4, 0.5) is 4.39 Å². The number of imidazole rings is 1. The zero-order chi connectivity index (χ0) is 16.7. The maximum absolute atomic E-state index is 12.9. The number of aromatic nitrogens is 2. The van der Waals surface area contributed by atoms with Gasteiger partial charge in [0, 0.05) is 20.3 Å². The van der Waals surface area contributed by atoms with Crippen LogP contribution in [0.15, 0.2) is 35.6 Å². The maximum Gasteiger partial charge on any atom is 0.233 e. The van der Waals surface area contributed by atoms with Crippen molar-refractivity contribution in [1.82, 2.24) is 15.3 Å². The Labute approximate surface area is 139 Å². The Bertz CT molecular complexity index is 631. The van der Waals surface area contributed by atoms with Crippen molar-refractivity contribution >= 4 is 17.7 Å². The van der Waals surface area contributed by atoms with Crippen LogP contribution in [0.25, 0.3) is 11.3 Å². The van der Waals surface area contributed by atoms with Crippen LogP contribution >= 0.6 is 11.8 Å². The summed E-state index contributed by atoms with van der Waals surface area (Å²) < 4.78 is 17.9. The maximum atomic E-state index is 12.9. The number of aromatic amines is 1. The molecule has 0 radical (unpaired) electrons. The van der Waals surface area contributed by atoms with Crippen molar-refractivity contribution in [2.75, 3.05) is 20.3 Å². The van der Waals surface area contributed by atoms with E-state index in [0.29, 0.717) is 18.3 Å². The highest BCUT2D eigenvalue weighted by Crippen LogP contribution is 2.24. The first-order chi connectivity index (χ1) is 11.1. The molecule has 124 valence electrons. The minimum atomic E-state index is -0.276. The average molecular weight is 337 g/mol. The van der Waals surface area contributed by atoms with Crippen molar-refractivity contribution in [3.63, 3.8) is 0 Å². The van der Waals surface area contributed by atoms with Gasteiger partial charge in [0.1, 0.15) is 5.82 Å². The van der Waals surface area contributed by atoms with Gasteiger partial charge in [-0.3, -0.25) is 4.79 Å². The van der Waals surface area contributed by atoms with Crippen molar-refractivity contribution < 1.29 is 13.9 Å². The summed E-state index contributed by atoms with van der Waals surface area (Å²) in [6, 6.07) is 6.17. The van der Waals surface area contributed by atoms with E-state index in [-0.39, 0.29) is 17.0 Å². The molecule has 0 aliphatic carbocycles. The lowest BCUT2D eigenvalue weighted by atomic mass is 10.2. The normalized spacial score (nSPS) is 12.1. The van der Waals surface area contributed by atoms with Crippen LogP contribution < -0.4 is 5.32 Å². The lowest BCUT2D eigenvalue weighted by Gasteiger charge is -2.10. The van der Waals surface area contributed by atoms with Gasteiger partial charge in [-0.1, -0.05) is 11.8 Å². The third-order valence-corrected chi connectivity index (χ3v) is 4.19. The number of benzene rings is 1. The Morgan fingerprint density at radius 2 is 2.17 bits per heavy atom. The second-order valence-electron chi connectivity index (χ2n) is 5.01. The molecule has 1 heterocycles. The van der Waals surface area contributed by atoms with Crippen molar-refractivity contribution in [3.8, 4) is 11.3 Å². The molecule has 2 rings (SSSR count). The molecule has 7 heteroatoms. The Balaban J connectivity index is 1.88. The topological polar surface area (TPSA) is 67.0 Å². The molecule has 1 unspecified atom stereocenters. The Morgan fingerprint density at radius 1 is 1.43 bits per heavy atom. The van der Waals surface area contributed by atoms with E-state index in [4.69, 9.17) is 4.74 Å². The van der Waals surface area contributed by atoms with Gasteiger partial charge in [0.05, 0.1) is 17.1 Å². The van der Waals surface area contributed by atoms with Crippen molar-refractivity contribution in [2.24, 2.45) is 0 Å². The van der Waals surface area contributed by atoms with Crippen molar-refractivity contribution in [2.45, 2.75) is 23.8 Å². The number of rotatable bonds is 8. The summed E-state index contributed by atoms with van der Waals surface area (Å²) in [4.78, 5) is 19.4. The molecule has 2 aromatic rings. The molecule has 1 amide bonds. The molecule has 0 aliphatic heterocycles. The second kappa shape index (κ2) is 8.69. The fourth-order valence-corrected chi connectivity index (χ4v) is 2.74. The molecular formula is C16H20FN3O2S. The summed E-state index contributed by atoms with van der Waals surface area (Å²) in [5.74, 6) is -0.313. The van der Waals surface area contributed by atoms with E-state index in [1.165, 1.54) is 23.9 Å². The number of hydrogen-bond acceptors (Lipinski definition) is 4. The fourth-order valence-electron chi connectivity index (χ4n) is 1.93. The molecule has 1 aromatic heterocycles. The molecule has 0 fully saturated rings. The van der Waals surface area contributed by atoms with E-state index in [2.05, 4.69) is 15.3 Å². The van der Waals surface area contributed by atoms with Crippen LogP contribution in [0.5, 0.6) is 0 Å². The molecule has 1 atom stereocenters. The number of halogens is 1. The zero-order valence-electron chi connectivity index (χ0n) is 13.1. The molecule has 2 N–H and O–H groups in total. The molecule has 23 heavy (non-hydrogen) atoms. The van der Waals surface area contributed by atoms with Crippen LogP contribution in [-0.2, 0) is 9.53 Å². The first-order valence-electron chi connectivity index (χ1n) is 7.34. The molecule has 0 spiro atoms. The molecular weight excluding hydrogens is 317 g/mol. The Hall–Kier alpha value is -1.86. The largest absolute Gasteiger partial charge is 0.385 e. The molecule has 0 saturated carbocycles. The quantitative estimate of drug-likeness (QED) is 0.574. The van der Waals surface area contributed by atoms with Gasteiger partial charge in [0.15, 0.2) is 5.16 Å². The third kappa shape index (κ3) is 5.37. The van der Waals surface area contributed by atoms with E-state index in [1.807, 2.05) is 6.92 Å². The lowest BCUT2D eigenvalue weighted by molar-refractivity contribution is -0.120. The number of nitrogens with zero attached hydrogens (tertiary/aromatic N) is 1. The van der Waals surface area contributed by atoms with E-state index >= 15 is 0 Å². The number of thioether (sulfide) groups is 1. The summed E-state index contributed by atoms with van der Waals surface area (Å²) in [7, 11) is 1.63. The van der Waals surface area contributed by atoms with Gasteiger partial charge in [-0.2, -0.15) is 0 Å². The first kappa shape index (κ1) is 17.5. The number of ether oxygens (including phenoxy) is 1. The van der Waals surface area contributed by atoms with E-state index in [0.717, 1.165) is 17.7 Å². The van der Waals surface area contributed by atoms with Gasteiger partial charge >= 0.3 is 0 Å². The molecule has 0 aliphatic rings. The highest BCUT2D eigenvalue weighted by molar-refractivity contribution is 8.00. The third-order valence-electron chi connectivity index (χ3n) is 3.19. The lowest BCUT2D eigenvalue weighted by Crippen LogP contribution is -2.32. The monoisotopic (exact) mass is 337 g/mol. The Kier molecular flexibility index (Phi) is 6.61. The van der Waals surface area contributed by atoms with Crippen LogP contribution in [0.1, 0.15) is 13.3 Å². The Morgan fingerprint density at radius 3 is 2.87 bits per heavy atom. The van der Waals surface area contributed by atoms with E-state index < -0.39 is 0 Å². The number of carbonyl (C=O) groups excluding carboxylic acids is 1. The zero-order valence-corrected chi connectivity index (χ0v) is 14.0. The van der Waals surface area contributed by atoms with Crippen molar-refractivity contribution in [3.05, 3.63) is 36.3 Å². The summed E-state index contributed by atoms with van der Waals surface area (Å²) in [6.07, 6.45) is 2.47. The van der Waals surface area contributed by atoms with Gasteiger partial charge < -0.3 is 15.0 Å². The highest BCUT2D eigenvalue weighted by Gasteiger charge is 2.16. The first-order valence-corrected chi connectivity index (χ1v) is 8.22. The van der Waals surface area contributed by atoms with Crippen LogP contribution in [0.2, 0.25) is 0 Å². The summed E-state index contributed by atoms with van der Waals surface area (Å²) >= 11 is 1.35. The molecule has 1 aromatic carbocycles. The predicted octanol–water partition coefficient (Wildman–Crippen LogP) is 2.85. The minimum Gasteiger partial charge on any atom is -0.385 e.